The first-order chi connectivity index (χ1) is 20.4. The van der Waals surface area contributed by atoms with E-state index in [1.807, 2.05) is 23.1 Å². The molecule has 42 heavy (non-hydrogen) atoms. The molecule has 2 atom stereocenters. The number of likely N-dealkylation sites (tertiary alicyclic amines) is 1. The van der Waals surface area contributed by atoms with Crippen LogP contribution in [-0.2, 0) is 16.1 Å². The van der Waals surface area contributed by atoms with Crippen molar-refractivity contribution < 1.29 is 18.7 Å². The molecule has 0 bridgehead atoms. The highest BCUT2D eigenvalue weighted by Gasteiger charge is 2.29. The summed E-state index contributed by atoms with van der Waals surface area (Å²) in [5.41, 5.74) is 8.93. The van der Waals surface area contributed by atoms with Gasteiger partial charge >= 0.3 is 0 Å². The lowest BCUT2D eigenvalue weighted by molar-refractivity contribution is -0.132. The third kappa shape index (κ3) is 6.81. The standard InChI is InChI=1S/C31H35Cl2N5O4/c1-41-16-6-15-38-25-11-3-2-10-24(25)36-30(38)20-7-5-14-37(19-20)28(39)17-21(34)18-35-31(40)27-13-12-26(42-27)22-8-4-9-23(32)29(22)33/h2-4,8-13,20-21H,5-7,14-19,34H2,1H3,(H,35,40). The fourth-order valence-electron chi connectivity index (χ4n) is 5.46. The highest BCUT2D eigenvalue weighted by Crippen LogP contribution is 2.34. The molecule has 0 aliphatic carbocycles. The molecule has 11 heteroatoms. The summed E-state index contributed by atoms with van der Waals surface area (Å²) in [6.07, 6.45) is 2.86. The maximum absolute atomic E-state index is 13.2. The molecule has 1 aliphatic rings. The Kier molecular flexibility index (Phi) is 9.84. The molecule has 2 aromatic carbocycles. The Bertz CT molecular complexity index is 1550. The summed E-state index contributed by atoms with van der Waals surface area (Å²) in [5.74, 6) is 1.24. The molecule has 1 saturated heterocycles. The van der Waals surface area contributed by atoms with E-state index in [4.69, 9.17) is 43.1 Å². The van der Waals surface area contributed by atoms with E-state index in [1.54, 1.807) is 37.4 Å². The van der Waals surface area contributed by atoms with Gasteiger partial charge in [-0.3, -0.25) is 9.59 Å². The van der Waals surface area contributed by atoms with Crippen LogP contribution in [0.25, 0.3) is 22.4 Å². The predicted molar refractivity (Wildman–Crippen MR) is 164 cm³/mol. The molecule has 9 nitrogen and oxygen atoms in total. The fourth-order valence-corrected chi connectivity index (χ4v) is 5.85. The molecule has 1 aliphatic heterocycles. The van der Waals surface area contributed by atoms with E-state index in [0.29, 0.717) is 41.1 Å². The maximum atomic E-state index is 13.2. The van der Waals surface area contributed by atoms with E-state index < -0.39 is 11.9 Å². The third-order valence-electron chi connectivity index (χ3n) is 7.56. The molecule has 222 valence electrons. The van der Waals surface area contributed by atoms with Crippen LogP contribution < -0.4 is 11.1 Å². The molecule has 2 aromatic heterocycles. The average molecular weight is 613 g/mol. The van der Waals surface area contributed by atoms with Crippen LogP contribution in [0.5, 0.6) is 0 Å². The first-order valence-corrected chi connectivity index (χ1v) is 14.9. The smallest absolute Gasteiger partial charge is 0.287 e. The third-order valence-corrected chi connectivity index (χ3v) is 8.38. The molecule has 4 aromatic rings. The number of benzene rings is 2. The molecule has 2 amide bonds. The van der Waals surface area contributed by atoms with E-state index in [9.17, 15) is 9.59 Å². The van der Waals surface area contributed by atoms with Crippen LogP contribution in [0, 0.1) is 0 Å². The number of amides is 2. The zero-order valence-corrected chi connectivity index (χ0v) is 25.0. The van der Waals surface area contributed by atoms with Crippen molar-refractivity contribution in [2.75, 3.05) is 33.4 Å². The molecule has 0 spiro atoms. The lowest BCUT2D eigenvalue weighted by atomic mass is 9.96. The largest absolute Gasteiger partial charge is 0.451 e. The van der Waals surface area contributed by atoms with Crippen LogP contribution in [0.3, 0.4) is 0 Å². The number of nitrogens with zero attached hydrogens (tertiary/aromatic N) is 3. The zero-order chi connectivity index (χ0) is 29.6. The van der Waals surface area contributed by atoms with Gasteiger partial charge in [0.25, 0.3) is 5.91 Å². The van der Waals surface area contributed by atoms with Crippen molar-refractivity contribution >= 4 is 46.0 Å². The number of carbonyl (C=O) groups excluding carboxylic acids is 2. The summed E-state index contributed by atoms with van der Waals surface area (Å²) in [6.45, 7) is 2.88. The highest BCUT2D eigenvalue weighted by molar-refractivity contribution is 6.43. The van der Waals surface area contributed by atoms with E-state index in [-0.39, 0.29) is 30.6 Å². The second-order valence-electron chi connectivity index (χ2n) is 10.6. The van der Waals surface area contributed by atoms with Gasteiger partial charge in [0.1, 0.15) is 11.6 Å². The summed E-state index contributed by atoms with van der Waals surface area (Å²) in [4.78, 5) is 32.8. The van der Waals surface area contributed by atoms with E-state index in [0.717, 1.165) is 42.7 Å². The maximum Gasteiger partial charge on any atom is 0.287 e. The van der Waals surface area contributed by atoms with Crippen molar-refractivity contribution in [2.45, 2.75) is 44.2 Å². The molecule has 3 N–H and O–H groups in total. The number of halogens is 2. The number of methoxy groups -OCH3 is 1. The average Bonchev–Trinajstić information content (AvgIpc) is 3.63. The minimum absolute atomic E-state index is 0.0284. The zero-order valence-electron chi connectivity index (χ0n) is 23.5. The first-order valence-electron chi connectivity index (χ1n) is 14.2. The summed E-state index contributed by atoms with van der Waals surface area (Å²) >= 11 is 12.4. The number of piperidine rings is 1. The number of furan rings is 1. The summed E-state index contributed by atoms with van der Waals surface area (Å²) in [7, 11) is 1.71. The van der Waals surface area contributed by atoms with Gasteiger partial charge in [0, 0.05) is 63.8 Å². The van der Waals surface area contributed by atoms with Crippen LogP contribution in [0.1, 0.15) is 48.0 Å². The second-order valence-corrected chi connectivity index (χ2v) is 11.4. The molecule has 2 unspecified atom stereocenters. The number of carbonyl (C=O) groups is 2. The molecule has 0 radical (unpaired) electrons. The first kappa shape index (κ1) is 30.1. The van der Waals surface area contributed by atoms with Crippen molar-refractivity contribution in [3.8, 4) is 11.3 Å². The molecule has 3 heterocycles. The Morgan fingerprint density at radius 3 is 2.83 bits per heavy atom. The van der Waals surface area contributed by atoms with Gasteiger partial charge in [-0.05, 0) is 55.7 Å². The number of imidazole rings is 1. The summed E-state index contributed by atoms with van der Waals surface area (Å²) in [5, 5.41) is 3.52. The van der Waals surface area contributed by atoms with Gasteiger partial charge in [-0.15, -0.1) is 0 Å². The molecular formula is C31H35Cl2N5O4. The Morgan fingerprint density at radius 2 is 2.00 bits per heavy atom. The van der Waals surface area contributed by atoms with Crippen molar-refractivity contribution in [2.24, 2.45) is 5.73 Å². The topological polar surface area (TPSA) is 116 Å². The molecule has 0 saturated carbocycles. The van der Waals surface area contributed by atoms with Crippen molar-refractivity contribution in [3.63, 3.8) is 0 Å². The number of fused-ring (bicyclic) bond motifs is 1. The number of nitrogens with one attached hydrogen (secondary N) is 1. The Balaban J connectivity index is 1.17. The summed E-state index contributed by atoms with van der Waals surface area (Å²) < 4.78 is 13.2. The van der Waals surface area contributed by atoms with Gasteiger partial charge in [-0.2, -0.15) is 0 Å². The fraction of sp³-hybridized carbons (Fsp3) is 0.387. The number of aromatic nitrogens is 2. The Labute approximate surface area is 254 Å². The van der Waals surface area contributed by atoms with Gasteiger partial charge < -0.3 is 29.7 Å². The Hall–Kier alpha value is -3.37. The number of para-hydroxylation sites is 2. The SMILES string of the molecule is COCCCn1c(C2CCCN(C(=O)CC(N)CNC(=O)c3ccc(-c4cccc(Cl)c4Cl)o3)C2)nc2ccccc21. The van der Waals surface area contributed by atoms with Crippen molar-refractivity contribution in [1.82, 2.24) is 19.8 Å². The monoisotopic (exact) mass is 611 g/mol. The lowest BCUT2D eigenvalue weighted by Gasteiger charge is -2.33. The van der Waals surface area contributed by atoms with E-state index in [2.05, 4.69) is 16.0 Å². The quantitative estimate of drug-likeness (QED) is 0.217. The molecule has 1 fully saturated rings. The molecular weight excluding hydrogens is 577 g/mol. The van der Waals surface area contributed by atoms with Crippen molar-refractivity contribution in [3.05, 3.63) is 76.2 Å². The number of aryl methyl sites for hydroxylation is 1. The number of nitrogens with two attached hydrogens (primary N) is 1. The van der Waals surface area contributed by atoms with Gasteiger partial charge in [0.2, 0.25) is 5.91 Å². The molecule has 5 rings (SSSR count). The minimum atomic E-state index is -0.544. The van der Waals surface area contributed by atoms with Crippen LogP contribution >= 0.6 is 23.2 Å². The van der Waals surface area contributed by atoms with Gasteiger partial charge in [0.05, 0.1) is 21.1 Å². The normalized spacial score (nSPS) is 16.1. The lowest BCUT2D eigenvalue weighted by Crippen LogP contribution is -2.45. The van der Waals surface area contributed by atoms with Crippen LogP contribution in [0.2, 0.25) is 10.0 Å². The van der Waals surface area contributed by atoms with Crippen LogP contribution in [0.15, 0.2) is 59.0 Å². The summed E-state index contributed by atoms with van der Waals surface area (Å²) in [6, 6.07) is 16.0. The van der Waals surface area contributed by atoms with Crippen molar-refractivity contribution in [1.29, 1.82) is 0 Å². The second kappa shape index (κ2) is 13.7. The van der Waals surface area contributed by atoms with E-state index >= 15 is 0 Å². The number of hydrogen-bond donors (Lipinski definition) is 2. The van der Waals surface area contributed by atoms with E-state index in [1.165, 1.54) is 0 Å². The van der Waals surface area contributed by atoms with Gasteiger partial charge in [-0.25, -0.2) is 4.98 Å². The number of hydrogen-bond acceptors (Lipinski definition) is 6. The van der Waals surface area contributed by atoms with Crippen LogP contribution in [0.4, 0.5) is 0 Å². The highest BCUT2D eigenvalue weighted by atomic mass is 35.5. The number of rotatable bonds is 11. The predicted octanol–water partition coefficient (Wildman–Crippen LogP) is 5.49. The van der Waals surface area contributed by atoms with Gasteiger partial charge in [0.15, 0.2) is 5.76 Å². The number of ether oxygens (including phenoxy) is 1. The Morgan fingerprint density at radius 1 is 1.17 bits per heavy atom. The van der Waals surface area contributed by atoms with Crippen LogP contribution in [-0.4, -0.2) is 65.7 Å². The van der Waals surface area contributed by atoms with Gasteiger partial charge in [-0.1, -0.05) is 41.4 Å². The minimum Gasteiger partial charge on any atom is -0.451 e.